The number of aliphatic hydroxyl groups is 1. The van der Waals surface area contributed by atoms with E-state index < -0.39 is 0 Å². The summed E-state index contributed by atoms with van der Waals surface area (Å²) in [5.41, 5.74) is 1.31. The summed E-state index contributed by atoms with van der Waals surface area (Å²) in [6, 6.07) is 8.26. The van der Waals surface area contributed by atoms with Gasteiger partial charge in [-0.25, -0.2) is 0 Å². The quantitative estimate of drug-likeness (QED) is 0.848. The average Bonchev–Trinajstić information content (AvgIpc) is 2.28. The van der Waals surface area contributed by atoms with Gasteiger partial charge in [-0.05, 0) is 42.4 Å². The van der Waals surface area contributed by atoms with Crippen LogP contribution in [-0.4, -0.2) is 17.8 Å². The average molecular weight is 220 g/mol. The molecular weight excluding hydrogens is 200 g/mol. The van der Waals surface area contributed by atoms with Gasteiger partial charge in [-0.15, -0.1) is 0 Å². The Balaban J connectivity index is 2.11. The summed E-state index contributed by atoms with van der Waals surface area (Å²) in [5, 5.41) is 9.72. The van der Waals surface area contributed by atoms with Crippen LogP contribution < -0.4 is 4.74 Å². The van der Waals surface area contributed by atoms with Gasteiger partial charge in [-0.2, -0.15) is 0 Å². The molecule has 0 heterocycles. The number of aliphatic hydroxyl groups excluding tert-OH is 1. The summed E-state index contributed by atoms with van der Waals surface area (Å²) in [6.45, 7) is 6.94. The van der Waals surface area contributed by atoms with Crippen molar-refractivity contribution in [1.29, 1.82) is 0 Å². The molecule has 2 unspecified atom stereocenters. The first kappa shape index (κ1) is 11.5. The lowest BCUT2D eigenvalue weighted by atomic mass is 9.58. The lowest BCUT2D eigenvalue weighted by molar-refractivity contribution is -0.0625. The molecule has 0 aliphatic heterocycles. The molecule has 88 valence electrons. The lowest BCUT2D eigenvalue weighted by Crippen LogP contribution is -2.47. The van der Waals surface area contributed by atoms with Gasteiger partial charge in [0.15, 0.2) is 0 Å². The highest BCUT2D eigenvalue weighted by Crippen LogP contribution is 2.52. The van der Waals surface area contributed by atoms with E-state index in [0.717, 1.165) is 12.2 Å². The zero-order chi connectivity index (χ0) is 11.8. The molecular formula is C14H20O2. The van der Waals surface area contributed by atoms with Crippen LogP contribution in [0, 0.1) is 5.41 Å². The standard InChI is InChI=1S/C14H20O2/c1-4-16-11-7-5-10(6-8-11)12-9-13(15)14(12,2)3/h5-8,12-13,15H,4,9H2,1-3H3. The van der Waals surface area contributed by atoms with Crippen molar-refractivity contribution in [3.63, 3.8) is 0 Å². The summed E-state index contributed by atoms with van der Waals surface area (Å²) >= 11 is 0. The van der Waals surface area contributed by atoms with Gasteiger partial charge in [0.2, 0.25) is 0 Å². The monoisotopic (exact) mass is 220 g/mol. The summed E-state index contributed by atoms with van der Waals surface area (Å²) in [5.74, 6) is 1.39. The first-order chi connectivity index (χ1) is 7.55. The molecule has 1 saturated carbocycles. The smallest absolute Gasteiger partial charge is 0.119 e. The van der Waals surface area contributed by atoms with E-state index in [1.807, 2.05) is 19.1 Å². The maximum Gasteiger partial charge on any atom is 0.119 e. The molecule has 0 aromatic heterocycles. The normalized spacial score (nSPS) is 27.2. The fourth-order valence-corrected chi connectivity index (χ4v) is 2.43. The first-order valence-corrected chi connectivity index (χ1v) is 5.96. The second-order valence-electron chi connectivity index (χ2n) is 5.13. The highest BCUT2D eigenvalue weighted by molar-refractivity contribution is 5.32. The fraction of sp³-hybridized carbons (Fsp3) is 0.571. The van der Waals surface area contributed by atoms with Crippen LogP contribution in [0.4, 0.5) is 0 Å². The largest absolute Gasteiger partial charge is 0.494 e. The molecule has 1 aliphatic rings. The van der Waals surface area contributed by atoms with Gasteiger partial charge in [0.25, 0.3) is 0 Å². The van der Waals surface area contributed by atoms with Crippen molar-refractivity contribution in [2.75, 3.05) is 6.61 Å². The van der Waals surface area contributed by atoms with Gasteiger partial charge >= 0.3 is 0 Å². The van der Waals surface area contributed by atoms with E-state index in [9.17, 15) is 5.11 Å². The summed E-state index contributed by atoms with van der Waals surface area (Å²) in [7, 11) is 0. The maximum absolute atomic E-state index is 9.72. The molecule has 0 saturated heterocycles. The number of ether oxygens (including phenoxy) is 1. The SMILES string of the molecule is CCOc1ccc(C2CC(O)C2(C)C)cc1. The number of hydrogen-bond donors (Lipinski definition) is 1. The molecule has 16 heavy (non-hydrogen) atoms. The zero-order valence-electron chi connectivity index (χ0n) is 10.2. The zero-order valence-corrected chi connectivity index (χ0v) is 10.2. The number of hydrogen-bond acceptors (Lipinski definition) is 2. The molecule has 2 atom stereocenters. The molecule has 0 bridgehead atoms. The van der Waals surface area contributed by atoms with Gasteiger partial charge in [0.1, 0.15) is 5.75 Å². The fourth-order valence-electron chi connectivity index (χ4n) is 2.43. The molecule has 1 aromatic rings. The predicted molar refractivity (Wildman–Crippen MR) is 64.8 cm³/mol. The Labute approximate surface area is 97.3 Å². The third kappa shape index (κ3) is 1.82. The van der Waals surface area contributed by atoms with Gasteiger partial charge < -0.3 is 9.84 Å². The van der Waals surface area contributed by atoms with E-state index in [1.54, 1.807) is 0 Å². The highest BCUT2D eigenvalue weighted by atomic mass is 16.5. The minimum absolute atomic E-state index is 0.00707. The second kappa shape index (κ2) is 4.10. The Morgan fingerprint density at radius 2 is 1.94 bits per heavy atom. The van der Waals surface area contributed by atoms with Crippen molar-refractivity contribution in [3.05, 3.63) is 29.8 Å². The third-order valence-electron chi connectivity index (χ3n) is 3.81. The molecule has 1 fully saturated rings. The Bertz CT molecular complexity index is 354. The molecule has 0 spiro atoms. The van der Waals surface area contributed by atoms with Crippen LogP contribution in [0.15, 0.2) is 24.3 Å². The topological polar surface area (TPSA) is 29.5 Å². The van der Waals surface area contributed by atoms with Crippen molar-refractivity contribution in [2.45, 2.75) is 39.2 Å². The molecule has 1 N–H and O–H groups in total. The third-order valence-corrected chi connectivity index (χ3v) is 3.81. The van der Waals surface area contributed by atoms with E-state index in [2.05, 4.69) is 26.0 Å². The second-order valence-corrected chi connectivity index (χ2v) is 5.13. The molecule has 0 radical (unpaired) electrons. The Hall–Kier alpha value is -1.02. The molecule has 1 aromatic carbocycles. The van der Waals surface area contributed by atoms with Crippen LogP contribution in [0.25, 0.3) is 0 Å². The van der Waals surface area contributed by atoms with Crippen molar-refractivity contribution in [3.8, 4) is 5.75 Å². The van der Waals surface area contributed by atoms with Crippen molar-refractivity contribution >= 4 is 0 Å². The maximum atomic E-state index is 9.72. The summed E-state index contributed by atoms with van der Waals surface area (Å²) in [4.78, 5) is 0. The van der Waals surface area contributed by atoms with Gasteiger partial charge in [-0.1, -0.05) is 26.0 Å². The highest BCUT2D eigenvalue weighted by Gasteiger charge is 2.47. The van der Waals surface area contributed by atoms with E-state index >= 15 is 0 Å². The first-order valence-electron chi connectivity index (χ1n) is 5.96. The minimum Gasteiger partial charge on any atom is -0.494 e. The minimum atomic E-state index is -0.163. The van der Waals surface area contributed by atoms with Crippen LogP contribution >= 0.6 is 0 Å². The van der Waals surface area contributed by atoms with Crippen LogP contribution in [0.5, 0.6) is 5.75 Å². The molecule has 1 aliphatic carbocycles. The van der Waals surface area contributed by atoms with Crippen molar-refractivity contribution in [2.24, 2.45) is 5.41 Å². The van der Waals surface area contributed by atoms with Crippen LogP contribution in [-0.2, 0) is 0 Å². The number of rotatable bonds is 3. The van der Waals surface area contributed by atoms with Gasteiger partial charge in [-0.3, -0.25) is 0 Å². The predicted octanol–water partition coefficient (Wildman–Crippen LogP) is 2.96. The van der Waals surface area contributed by atoms with Crippen molar-refractivity contribution in [1.82, 2.24) is 0 Å². The van der Waals surface area contributed by atoms with Gasteiger partial charge in [0, 0.05) is 0 Å². The van der Waals surface area contributed by atoms with E-state index in [-0.39, 0.29) is 11.5 Å². The molecule has 0 amide bonds. The van der Waals surface area contributed by atoms with E-state index in [1.165, 1.54) is 5.56 Å². The van der Waals surface area contributed by atoms with Gasteiger partial charge in [0.05, 0.1) is 12.7 Å². The van der Waals surface area contributed by atoms with Crippen LogP contribution in [0.2, 0.25) is 0 Å². The Morgan fingerprint density at radius 3 is 2.38 bits per heavy atom. The van der Waals surface area contributed by atoms with E-state index in [4.69, 9.17) is 4.74 Å². The van der Waals surface area contributed by atoms with Crippen LogP contribution in [0.3, 0.4) is 0 Å². The lowest BCUT2D eigenvalue weighted by Gasteiger charge is -2.49. The molecule has 2 nitrogen and oxygen atoms in total. The summed E-state index contributed by atoms with van der Waals surface area (Å²) < 4.78 is 5.42. The van der Waals surface area contributed by atoms with Crippen LogP contribution in [0.1, 0.15) is 38.7 Å². The Morgan fingerprint density at radius 1 is 1.31 bits per heavy atom. The Kier molecular flexibility index (Phi) is 2.94. The summed E-state index contributed by atoms with van der Waals surface area (Å²) in [6.07, 6.45) is 0.713. The molecule has 2 rings (SSSR count). The number of benzene rings is 1. The van der Waals surface area contributed by atoms with E-state index in [0.29, 0.717) is 12.5 Å². The molecule has 2 heteroatoms. The van der Waals surface area contributed by atoms with Crippen molar-refractivity contribution < 1.29 is 9.84 Å².